The molecule has 0 fully saturated rings. The number of rotatable bonds is 27. The van der Waals surface area contributed by atoms with Gasteiger partial charge in [-0.15, -0.1) is 0 Å². The van der Waals surface area contributed by atoms with Crippen molar-refractivity contribution in [3.8, 4) is 0 Å². The summed E-state index contributed by atoms with van der Waals surface area (Å²) in [5, 5.41) is 0. The van der Waals surface area contributed by atoms with Crippen LogP contribution in [0.1, 0.15) is 136 Å². The highest BCUT2D eigenvalue weighted by molar-refractivity contribution is 5.69. The summed E-state index contributed by atoms with van der Waals surface area (Å²) in [5.41, 5.74) is 0. The molecule has 35 heavy (non-hydrogen) atoms. The number of hydrogen-bond donors (Lipinski definition) is 0. The van der Waals surface area contributed by atoms with Gasteiger partial charge in [-0.3, -0.25) is 4.79 Å². The molecule has 0 saturated heterocycles. The van der Waals surface area contributed by atoms with Crippen LogP contribution in [0.25, 0.3) is 0 Å². The highest BCUT2D eigenvalue weighted by atomic mass is 16.6. The SMILES string of the molecule is CCCCCCCCCC(OC(=O)CCCN(C)C)C(COCCCCC)OCCCCCCC. The average Bonchev–Trinajstić information content (AvgIpc) is 2.83. The minimum absolute atomic E-state index is 0.0951. The maximum absolute atomic E-state index is 12.7. The van der Waals surface area contributed by atoms with Gasteiger partial charge in [-0.25, -0.2) is 0 Å². The zero-order valence-corrected chi connectivity index (χ0v) is 24.3. The minimum atomic E-state index is -0.209. The Hall–Kier alpha value is -0.650. The molecule has 0 saturated carbocycles. The van der Waals surface area contributed by atoms with Crippen molar-refractivity contribution in [1.29, 1.82) is 0 Å². The van der Waals surface area contributed by atoms with Crippen molar-refractivity contribution < 1.29 is 19.0 Å². The molecule has 5 nitrogen and oxygen atoms in total. The summed E-state index contributed by atoms with van der Waals surface area (Å²) in [6, 6.07) is 0. The first-order chi connectivity index (χ1) is 17.0. The molecule has 0 spiro atoms. The normalized spacial score (nSPS) is 13.3. The summed E-state index contributed by atoms with van der Waals surface area (Å²) in [5.74, 6) is -0.0951. The first kappa shape index (κ1) is 34.4. The molecule has 0 aliphatic carbocycles. The third-order valence-electron chi connectivity index (χ3n) is 6.53. The highest BCUT2D eigenvalue weighted by Gasteiger charge is 2.26. The van der Waals surface area contributed by atoms with E-state index < -0.39 is 0 Å². The summed E-state index contributed by atoms with van der Waals surface area (Å²) in [6.45, 7) is 9.60. The fourth-order valence-corrected chi connectivity index (χ4v) is 4.25. The second-order valence-corrected chi connectivity index (χ2v) is 10.5. The number of nitrogens with zero attached hydrogens (tertiary/aromatic N) is 1. The number of carbonyl (C=O) groups is 1. The average molecular weight is 500 g/mol. The van der Waals surface area contributed by atoms with E-state index in [0.717, 1.165) is 51.9 Å². The van der Waals surface area contributed by atoms with Gasteiger partial charge < -0.3 is 19.1 Å². The fourth-order valence-electron chi connectivity index (χ4n) is 4.25. The fraction of sp³-hybridized carbons (Fsp3) is 0.967. The van der Waals surface area contributed by atoms with Gasteiger partial charge >= 0.3 is 5.97 Å². The molecule has 5 heteroatoms. The van der Waals surface area contributed by atoms with Crippen LogP contribution in [0.2, 0.25) is 0 Å². The van der Waals surface area contributed by atoms with Gasteiger partial charge in [-0.1, -0.05) is 97.8 Å². The van der Waals surface area contributed by atoms with Gasteiger partial charge in [0.25, 0.3) is 0 Å². The predicted octanol–water partition coefficient (Wildman–Crippen LogP) is 7.94. The Morgan fingerprint density at radius 1 is 0.657 bits per heavy atom. The van der Waals surface area contributed by atoms with Crippen LogP contribution in [-0.4, -0.2) is 63.5 Å². The maximum atomic E-state index is 12.7. The van der Waals surface area contributed by atoms with E-state index in [0.29, 0.717) is 13.0 Å². The number of ether oxygens (including phenoxy) is 3. The number of hydrogen-bond acceptors (Lipinski definition) is 5. The number of carbonyl (C=O) groups excluding carboxylic acids is 1. The van der Waals surface area contributed by atoms with E-state index in [9.17, 15) is 4.79 Å². The van der Waals surface area contributed by atoms with Crippen molar-refractivity contribution in [1.82, 2.24) is 4.90 Å². The van der Waals surface area contributed by atoms with Gasteiger partial charge in [-0.05, 0) is 52.7 Å². The van der Waals surface area contributed by atoms with Crippen LogP contribution < -0.4 is 0 Å². The van der Waals surface area contributed by atoms with Gasteiger partial charge in [0.15, 0.2) is 0 Å². The Morgan fingerprint density at radius 2 is 1.20 bits per heavy atom. The third-order valence-corrected chi connectivity index (χ3v) is 6.53. The third kappa shape index (κ3) is 23.5. The van der Waals surface area contributed by atoms with E-state index in [-0.39, 0.29) is 18.2 Å². The van der Waals surface area contributed by atoms with E-state index in [4.69, 9.17) is 14.2 Å². The molecular weight excluding hydrogens is 438 g/mol. The van der Waals surface area contributed by atoms with Crippen LogP contribution >= 0.6 is 0 Å². The molecule has 2 unspecified atom stereocenters. The van der Waals surface area contributed by atoms with E-state index in [1.807, 2.05) is 14.1 Å². The molecule has 0 N–H and O–H groups in total. The minimum Gasteiger partial charge on any atom is -0.459 e. The van der Waals surface area contributed by atoms with E-state index >= 15 is 0 Å². The zero-order chi connectivity index (χ0) is 26.0. The lowest BCUT2D eigenvalue weighted by Gasteiger charge is -2.28. The molecule has 0 aromatic heterocycles. The van der Waals surface area contributed by atoms with Gasteiger partial charge in [0, 0.05) is 19.6 Å². The molecule has 0 rings (SSSR count). The van der Waals surface area contributed by atoms with Crippen molar-refractivity contribution in [2.24, 2.45) is 0 Å². The van der Waals surface area contributed by atoms with Crippen LogP contribution in [0.4, 0.5) is 0 Å². The molecule has 0 amide bonds. The Morgan fingerprint density at radius 3 is 1.83 bits per heavy atom. The van der Waals surface area contributed by atoms with E-state index in [1.165, 1.54) is 77.0 Å². The standard InChI is InChI=1S/C30H61NO4/c1-6-9-12-14-15-16-18-22-28(35-30(32)23-21-24-31(4)5)29(27-33-25-19-11-8-3)34-26-20-17-13-10-7-2/h28-29H,6-27H2,1-5H3. The Balaban J connectivity index is 4.87. The molecule has 0 aliphatic rings. The lowest BCUT2D eigenvalue weighted by molar-refractivity contribution is -0.162. The van der Waals surface area contributed by atoms with Crippen LogP contribution in [0.5, 0.6) is 0 Å². The highest BCUT2D eigenvalue weighted by Crippen LogP contribution is 2.18. The van der Waals surface area contributed by atoms with Gasteiger partial charge in [0.1, 0.15) is 12.2 Å². The Labute approximate surface area is 219 Å². The summed E-state index contributed by atoms with van der Waals surface area (Å²) in [7, 11) is 4.07. The Bertz CT molecular complexity index is 444. The Kier molecular flexibility index (Phi) is 25.9. The molecule has 0 aliphatic heterocycles. The van der Waals surface area contributed by atoms with Crippen molar-refractivity contribution in [3.05, 3.63) is 0 Å². The quantitative estimate of drug-likeness (QED) is 0.0848. The van der Waals surface area contributed by atoms with E-state index in [1.54, 1.807) is 0 Å². The summed E-state index contributed by atoms with van der Waals surface area (Å²) in [4.78, 5) is 14.8. The lowest BCUT2D eigenvalue weighted by atomic mass is 10.0. The van der Waals surface area contributed by atoms with Gasteiger partial charge in [0.2, 0.25) is 0 Å². The van der Waals surface area contributed by atoms with Crippen molar-refractivity contribution in [2.75, 3.05) is 40.5 Å². The van der Waals surface area contributed by atoms with Gasteiger partial charge in [0.05, 0.1) is 6.61 Å². The second-order valence-electron chi connectivity index (χ2n) is 10.5. The lowest BCUT2D eigenvalue weighted by Crippen LogP contribution is -2.38. The summed E-state index contributed by atoms with van der Waals surface area (Å²) in [6.07, 6.45) is 20.1. The number of unbranched alkanes of at least 4 members (excludes halogenated alkanes) is 12. The van der Waals surface area contributed by atoms with Crippen LogP contribution in [-0.2, 0) is 19.0 Å². The molecule has 0 radical (unpaired) electrons. The molecule has 210 valence electrons. The molecule has 0 aromatic carbocycles. The smallest absolute Gasteiger partial charge is 0.306 e. The van der Waals surface area contributed by atoms with Gasteiger partial charge in [-0.2, -0.15) is 0 Å². The molecule has 2 atom stereocenters. The first-order valence-electron chi connectivity index (χ1n) is 15.1. The second kappa shape index (κ2) is 26.4. The van der Waals surface area contributed by atoms with Crippen molar-refractivity contribution in [2.45, 2.75) is 149 Å². The molecular formula is C30H61NO4. The van der Waals surface area contributed by atoms with Crippen molar-refractivity contribution >= 4 is 5.97 Å². The monoisotopic (exact) mass is 499 g/mol. The van der Waals surface area contributed by atoms with Crippen LogP contribution in [0, 0.1) is 0 Å². The topological polar surface area (TPSA) is 48.0 Å². The van der Waals surface area contributed by atoms with Crippen LogP contribution in [0.15, 0.2) is 0 Å². The first-order valence-corrected chi connectivity index (χ1v) is 15.1. The molecule has 0 aromatic rings. The zero-order valence-electron chi connectivity index (χ0n) is 24.3. The van der Waals surface area contributed by atoms with E-state index in [2.05, 4.69) is 25.7 Å². The van der Waals surface area contributed by atoms with Crippen LogP contribution in [0.3, 0.4) is 0 Å². The maximum Gasteiger partial charge on any atom is 0.306 e. The summed E-state index contributed by atoms with van der Waals surface area (Å²) >= 11 is 0. The largest absolute Gasteiger partial charge is 0.459 e. The predicted molar refractivity (Wildman–Crippen MR) is 149 cm³/mol. The summed E-state index contributed by atoms with van der Waals surface area (Å²) < 4.78 is 18.4. The number of esters is 1. The van der Waals surface area contributed by atoms with Crippen molar-refractivity contribution in [3.63, 3.8) is 0 Å². The molecule has 0 bridgehead atoms. The molecule has 0 heterocycles.